The van der Waals surface area contributed by atoms with Gasteiger partial charge in [0.1, 0.15) is 5.75 Å². The highest BCUT2D eigenvalue weighted by molar-refractivity contribution is 7.99. The molecule has 0 spiro atoms. The number of carbonyl (C=O) groups is 2. The molecule has 0 radical (unpaired) electrons. The molecule has 8 heteroatoms. The lowest BCUT2D eigenvalue weighted by Crippen LogP contribution is -2.37. The molecule has 6 nitrogen and oxygen atoms in total. The van der Waals surface area contributed by atoms with E-state index in [0.717, 1.165) is 11.6 Å². The fourth-order valence-corrected chi connectivity index (χ4v) is 2.55. The van der Waals surface area contributed by atoms with E-state index in [1.807, 2.05) is 0 Å². The van der Waals surface area contributed by atoms with Crippen molar-refractivity contribution in [1.29, 1.82) is 0 Å². The number of nitrogens with one attached hydrogen (secondary N) is 2. The average Bonchev–Trinajstić information content (AvgIpc) is 2.91. The molecule has 2 rings (SSSR count). The van der Waals surface area contributed by atoms with E-state index in [-0.39, 0.29) is 31.0 Å². The maximum Gasteiger partial charge on any atom is 0.255 e. The van der Waals surface area contributed by atoms with Crippen LogP contribution < -0.4 is 21.1 Å². The molecule has 1 unspecified atom stereocenters. The van der Waals surface area contributed by atoms with Gasteiger partial charge in [-0.05, 0) is 12.1 Å². The van der Waals surface area contributed by atoms with Crippen molar-refractivity contribution in [3.8, 4) is 5.75 Å². The number of benzene rings is 1. The number of nitrogens with two attached hydrogens (primary N) is 1. The lowest BCUT2D eigenvalue weighted by Gasteiger charge is -2.11. The van der Waals surface area contributed by atoms with Crippen molar-refractivity contribution in [2.75, 3.05) is 23.6 Å². The number of primary amides is 1. The SMILES string of the molecule is Cl.NC(=O)COc1cccc(NC(=O)C2CSCN2)c1. The summed E-state index contributed by atoms with van der Waals surface area (Å²) < 4.78 is 5.17. The second-order valence-corrected chi connectivity index (χ2v) is 5.07. The smallest absolute Gasteiger partial charge is 0.255 e. The number of hydrogen-bond acceptors (Lipinski definition) is 5. The lowest BCUT2D eigenvalue weighted by atomic mass is 10.2. The first-order valence-corrected chi connectivity index (χ1v) is 6.94. The predicted molar refractivity (Wildman–Crippen MR) is 81.3 cm³/mol. The maximum atomic E-state index is 11.9. The average molecular weight is 318 g/mol. The third kappa shape index (κ3) is 4.92. The Bertz CT molecular complexity index is 481. The van der Waals surface area contributed by atoms with Crippen molar-refractivity contribution in [3.05, 3.63) is 24.3 Å². The summed E-state index contributed by atoms with van der Waals surface area (Å²) in [6.07, 6.45) is 0. The largest absolute Gasteiger partial charge is 0.484 e. The van der Waals surface area contributed by atoms with Crippen LogP contribution in [0.3, 0.4) is 0 Å². The highest BCUT2D eigenvalue weighted by Gasteiger charge is 2.22. The Morgan fingerprint density at radius 3 is 2.95 bits per heavy atom. The van der Waals surface area contributed by atoms with E-state index in [1.54, 1.807) is 36.0 Å². The molecule has 0 bridgehead atoms. The monoisotopic (exact) mass is 317 g/mol. The standard InChI is InChI=1S/C12H15N3O3S.ClH/c13-11(16)5-18-9-3-1-2-8(4-9)15-12(17)10-6-19-7-14-10;/h1-4,10,14H,5-7H2,(H2,13,16)(H,15,17);1H. The van der Waals surface area contributed by atoms with Gasteiger partial charge in [-0.25, -0.2) is 0 Å². The third-order valence-electron chi connectivity index (χ3n) is 2.52. The van der Waals surface area contributed by atoms with Crippen LogP contribution in [0.1, 0.15) is 0 Å². The Hall–Kier alpha value is -1.44. The minimum absolute atomic E-state index is 0. The van der Waals surface area contributed by atoms with Gasteiger partial charge in [0.15, 0.2) is 6.61 Å². The third-order valence-corrected chi connectivity index (χ3v) is 3.46. The Kier molecular flexibility index (Phi) is 6.63. The number of amides is 2. The molecule has 4 N–H and O–H groups in total. The first kappa shape index (κ1) is 16.6. The molecule has 0 saturated carbocycles. The molecule has 1 aromatic rings. The molecule has 2 amide bonds. The van der Waals surface area contributed by atoms with E-state index < -0.39 is 5.91 Å². The van der Waals surface area contributed by atoms with Crippen LogP contribution in [0.2, 0.25) is 0 Å². The minimum Gasteiger partial charge on any atom is -0.484 e. The Morgan fingerprint density at radius 2 is 2.30 bits per heavy atom. The van der Waals surface area contributed by atoms with Crippen molar-refractivity contribution >= 4 is 41.7 Å². The second kappa shape index (κ2) is 7.98. The van der Waals surface area contributed by atoms with Crippen LogP contribution in [0, 0.1) is 0 Å². The number of anilines is 1. The van der Waals surface area contributed by atoms with E-state index in [4.69, 9.17) is 10.5 Å². The summed E-state index contributed by atoms with van der Waals surface area (Å²) in [7, 11) is 0. The fourth-order valence-electron chi connectivity index (χ4n) is 1.61. The summed E-state index contributed by atoms with van der Waals surface area (Å²) >= 11 is 1.69. The summed E-state index contributed by atoms with van der Waals surface area (Å²) in [6.45, 7) is -0.182. The van der Waals surface area contributed by atoms with E-state index in [2.05, 4.69) is 10.6 Å². The molecule has 0 aromatic heterocycles. The van der Waals surface area contributed by atoms with E-state index in [1.165, 1.54) is 0 Å². The van der Waals surface area contributed by atoms with E-state index in [9.17, 15) is 9.59 Å². The highest BCUT2D eigenvalue weighted by atomic mass is 35.5. The second-order valence-electron chi connectivity index (χ2n) is 4.04. The lowest BCUT2D eigenvalue weighted by molar-refractivity contribution is -0.120. The van der Waals surface area contributed by atoms with Crippen molar-refractivity contribution < 1.29 is 14.3 Å². The molecular weight excluding hydrogens is 302 g/mol. The summed E-state index contributed by atoms with van der Waals surface area (Å²) in [6, 6.07) is 6.69. The van der Waals surface area contributed by atoms with Gasteiger partial charge in [-0.1, -0.05) is 6.07 Å². The summed E-state index contributed by atoms with van der Waals surface area (Å²) in [4.78, 5) is 22.5. The number of ether oxygens (including phenoxy) is 1. The van der Waals surface area contributed by atoms with Gasteiger partial charge in [0, 0.05) is 23.4 Å². The van der Waals surface area contributed by atoms with Gasteiger partial charge in [-0.3, -0.25) is 14.9 Å². The summed E-state index contributed by atoms with van der Waals surface area (Å²) in [5, 5.41) is 5.89. The maximum absolute atomic E-state index is 11.9. The number of halogens is 1. The van der Waals surface area contributed by atoms with Crippen LogP contribution in [-0.2, 0) is 9.59 Å². The number of carbonyl (C=O) groups excluding carboxylic acids is 2. The summed E-state index contributed by atoms with van der Waals surface area (Å²) in [5.74, 6) is 1.44. The van der Waals surface area contributed by atoms with Crippen LogP contribution in [0.4, 0.5) is 5.69 Å². The predicted octanol–water partition coefficient (Wildman–Crippen LogP) is 0.573. The molecule has 1 aromatic carbocycles. The van der Waals surface area contributed by atoms with Crippen molar-refractivity contribution in [2.24, 2.45) is 5.73 Å². The molecule has 1 aliphatic rings. The first-order valence-electron chi connectivity index (χ1n) is 5.78. The van der Waals surface area contributed by atoms with Crippen molar-refractivity contribution in [3.63, 3.8) is 0 Å². The van der Waals surface area contributed by atoms with Gasteiger partial charge in [-0.2, -0.15) is 0 Å². The normalized spacial score (nSPS) is 17.1. The number of thioether (sulfide) groups is 1. The van der Waals surface area contributed by atoms with Gasteiger partial charge in [0.05, 0.1) is 6.04 Å². The molecule has 20 heavy (non-hydrogen) atoms. The fraction of sp³-hybridized carbons (Fsp3) is 0.333. The van der Waals surface area contributed by atoms with Crippen LogP contribution in [-0.4, -0.2) is 36.1 Å². The summed E-state index contributed by atoms with van der Waals surface area (Å²) in [5.41, 5.74) is 5.63. The zero-order valence-electron chi connectivity index (χ0n) is 10.6. The van der Waals surface area contributed by atoms with Crippen molar-refractivity contribution in [1.82, 2.24) is 5.32 Å². The van der Waals surface area contributed by atoms with Gasteiger partial charge in [0.25, 0.3) is 5.91 Å². The molecule has 1 fully saturated rings. The molecular formula is C12H16ClN3O3S. The highest BCUT2D eigenvalue weighted by Crippen LogP contribution is 2.18. The van der Waals surface area contributed by atoms with Gasteiger partial charge >= 0.3 is 0 Å². The van der Waals surface area contributed by atoms with Crippen LogP contribution in [0.25, 0.3) is 0 Å². The topological polar surface area (TPSA) is 93.5 Å². The van der Waals surface area contributed by atoms with Crippen LogP contribution >= 0.6 is 24.2 Å². The van der Waals surface area contributed by atoms with Gasteiger partial charge in [0.2, 0.25) is 5.91 Å². The molecule has 0 aliphatic carbocycles. The van der Waals surface area contributed by atoms with Crippen molar-refractivity contribution in [2.45, 2.75) is 6.04 Å². The van der Waals surface area contributed by atoms with E-state index >= 15 is 0 Å². The Labute approximate surface area is 127 Å². The molecule has 1 atom stereocenters. The Balaban J connectivity index is 0.00000200. The van der Waals surface area contributed by atoms with Crippen LogP contribution in [0.15, 0.2) is 24.3 Å². The molecule has 110 valence electrons. The van der Waals surface area contributed by atoms with Crippen LogP contribution in [0.5, 0.6) is 5.75 Å². The molecule has 1 aliphatic heterocycles. The number of rotatable bonds is 5. The zero-order valence-corrected chi connectivity index (χ0v) is 12.3. The number of hydrogen-bond donors (Lipinski definition) is 3. The van der Waals surface area contributed by atoms with Gasteiger partial charge < -0.3 is 15.8 Å². The Morgan fingerprint density at radius 1 is 1.50 bits per heavy atom. The minimum atomic E-state index is -0.540. The molecule has 1 heterocycles. The molecule has 1 saturated heterocycles. The van der Waals surface area contributed by atoms with E-state index in [0.29, 0.717) is 11.4 Å². The first-order chi connectivity index (χ1) is 9.15. The quantitative estimate of drug-likeness (QED) is 0.738. The zero-order chi connectivity index (χ0) is 13.7. The van der Waals surface area contributed by atoms with Gasteiger partial charge in [-0.15, -0.1) is 24.2 Å².